The average molecular weight is 307 g/mol. The fourth-order valence-corrected chi connectivity index (χ4v) is 3.39. The Kier molecular flexibility index (Phi) is 5.76. The zero-order valence-electron chi connectivity index (χ0n) is 12.8. The predicted octanol–water partition coefficient (Wildman–Crippen LogP) is 4.35. The summed E-state index contributed by atoms with van der Waals surface area (Å²) in [5.41, 5.74) is 0.977. The normalized spacial score (nSPS) is 12.4. The van der Waals surface area contributed by atoms with Gasteiger partial charge in [-0.15, -0.1) is 11.3 Å². The third-order valence-electron chi connectivity index (χ3n) is 3.48. The number of rotatable bonds is 7. The molecular formula is C17H22FNOS. The van der Waals surface area contributed by atoms with Crippen molar-refractivity contribution >= 4 is 11.3 Å². The van der Waals surface area contributed by atoms with Crippen LogP contribution < -0.4 is 10.1 Å². The summed E-state index contributed by atoms with van der Waals surface area (Å²) in [6.45, 7) is 5.15. The summed E-state index contributed by atoms with van der Waals surface area (Å²) in [5, 5.41) is 3.49. The minimum absolute atomic E-state index is 0.230. The van der Waals surface area contributed by atoms with E-state index in [0.717, 1.165) is 24.9 Å². The molecule has 1 aromatic heterocycles. The molecule has 0 bridgehead atoms. The van der Waals surface area contributed by atoms with Gasteiger partial charge in [-0.3, -0.25) is 0 Å². The van der Waals surface area contributed by atoms with Crippen molar-refractivity contribution in [3.63, 3.8) is 0 Å². The van der Waals surface area contributed by atoms with E-state index in [-0.39, 0.29) is 11.9 Å². The minimum atomic E-state index is -0.300. The third kappa shape index (κ3) is 4.05. The zero-order valence-corrected chi connectivity index (χ0v) is 13.6. The molecule has 0 spiro atoms. The van der Waals surface area contributed by atoms with Gasteiger partial charge in [0.25, 0.3) is 0 Å². The first-order valence-electron chi connectivity index (χ1n) is 7.32. The van der Waals surface area contributed by atoms with E-state index in [1.807, 2.05) is 17.4 Å². The molecule has 2 aromatic rings. The van der Waals surface area contributed by atoms with Gasteiger partial charge in [0, 0.05) is 15.8 Å². The van der Waals surface area contributed by atoms with Gasteiger partial charge in [0.2, 0.25) is 0 Å². The lowest BCUT2D eigenvalue weighted by molar-refractivity contribution is 0.386. The molecule has 1 heterocycles. The molecule has 0 fully saturated rings. The zero-order chi connectivity index (χ0) is 15.2. The topological polar surface area (TPSA) is 21.3 Å². The second-order valence-electron chi connectivity index (χ2n) is 4.94. The van der Waals surface area contributed by atoms with Gasteiger partial charge in [0.1, 0.15) is 0 Å². The number of methoxy groups -OCH3 is 1. The van der Waals surface area contributed by atoms with Crippen molar-refractivity contribution in [3.05, 3.63) is 51.5 Å². The molecule has 2 rings (SSSR count). The highest BCUT2D eigenvalue weighted by atomic mass is 32.1. The van der Waals surface area contributed by atoms with Crippen LogP contribution in [0.5, 0.6) is 5.75 Å². The second kappa shape index (κ2) is 7.57. The minimum Gasteiger partial charge on any atom is -0.494 e. The van der Waals surface area contributed by atoms with Crippen molar-refractivity contribution in [1.82, 2.24) is 5.32 Å². The monoisotopic (exact) mass is 307 g/mol. The standard InChI is InChI=1S/C17H22FNOS/c1-4-13-7-9-17(21-13)15(19-5-2)11-12-6-8-16(20-3)14(18)10-12/h6-10,15,19H,4-5,11H2,1-3H3. The van der Waals surface area contributed by atoms with Crippen LogP contribution >= 0.6 is 11.3 Å². The molecule has 0 radical (unpaired) electrons. The molecule has 1 unspecified atom stereocenters. The lowest BCUT2D eigenvalue weighted by Gasteiger charge is -2.17. The van der Waals surface area contributed by atoms with E-state index in [4.69, 9.17) is 4.74 Å². The average Bonchev–Trinajstić information content (AvgIpc) is 2.96. The maximum Gasteiger partial charge on any atom is 0.165 e. The maximum atomic E-state index is 13.8. The molecule has 0 aliphatic heterocycles. The molecule has 1 aromatic carbocycles. The Labute approximate surface area is 130 Å². The van der Waals surface area contributed by atoms with Gasteiger partial charge in [0.05, 0.1) is 7.11 Å². The van der Waals surface area contributed by atoms with E-state index in [1.165, 1.54) is 16.9 Å². The van der Waals surface area contributed by atoms with Crippen LogP contribution in [0.1, 0.15) is 35.2 Å². The van der Waals surface area contributed by atoms with E-state index < -0.39 is 0 Å². The van der Waals surface area contributed by atoms with E-state index in [9.17, 15) is 4.39 Å². The van der Waals surface area contributed by atoms with Crippen molar-refractivity contribution in [1.29, 1.82) is 0 Å². The Morgan fingerprint density at radius 1 is 1.24 bits per heavy atom. The number of nitrogens with one attached hydrogen (secondary N) is 1. The number of hydrogen-bond donors (Lipinski definition) is 1. The lowest BCUT2D eigenvalue weighted by atomic mass is 10.0. The van der Waals surface area contributed by atoms with E-state index in [2.05, 4.69) is 31.3 Å². The number of halogens is 1. The predicted molar refractivity (Wildman–Crippen MR) is 86.8 cm³/mol. The molecule has 4 heteroatoms. The van der Waals surface area contributed by atoms with Gasteiger partial charge in [-0.2, -0.15) is 0 Å². The first kappa shape index (κ1) is 16.0. The van der Waals surface area contributed by atoms with Crippen LogP contribution in [0.15, 0.2) is 30.3 Å². The Bertz CT molecular complexity index is 582. The van der Waals surface area contributed by atoms with Crippen LogP contribution in [0, 0.1) is 5.82 Å². The summed E-state index contributed by atoms with van der Waals surface area (Å²) in [4.78, 5) is 2.69. The van der Waals surface area contributed by atoms with Crippen molar-refractivity contribution in [3.8, 4) is 5.75 Å². The Hall–Kier alpha value is -1.39. The molecule has 0 amide bonds. The van der Waals surface area contributed by atoms with Crippen LogP contribution in [-0.4, -0.2) is 13.7 Å². The molecule has 0 aliphatic rings. The van der Waals surface area contributed by atoms with E-state index >= 15 is 0 Å². The molecule has 1 atom stereocenters. The molecule has 2 nitrogen and oxygen atoms in total. The Morgan fingerprint density at radius 3 is 2.62 bits per heavy atom. The summed E-state index contributed by atoms with van der Waals surface area (Å²) >= 11 is 1.83. The molecule has 114 valence electrons. The highest BCUT2D eigenvalue weighted by Crippen LogP contribution is 2.28. The highest BCUT2D eigenvalue weighted by molar-refractivity contribution is 7.12. The molecule has 21 heavy (non-hydrogen) atoms. The summed E-state index contributed by atoms with van der Waals surface area (Å²) in [7, 11) is 1.48. The number of thiophene rings is 1. The highest BCUT2D eigenvalue weighted by Gasteiger charge is 2.14. The lowest BCUT2D eigenvalue weighted by Crippen LogP contribution is -2.22. The van der Waals surface area contributed by atoms with Crippen molar-refractivity contribution in [2.75, 3.05) is 13.7 Å². The molecule has 0 aliphatic carbocycles. The molecular weight excluding hydrogens is 285 g/mol. The molecule has 0 saturated carbocycles. The quantitative estimate of drug-likeness (QED) is 0.821. The Balaban J connectivity index is 2.17. The first-order chi connectivity index (χ1) is 10.2. The number of hydrogen-bond acceptors (Lipinski definition) is 3. The smallest absolute Gasteiger partial charge is 0.165 e. The summed E-state index contributed by atoms with van der Waals surface area (Å²) in [6.07, 6.45) is 1.83. The van der Waals surface area contributed by atoms with Gasteiger partial charge in [-0.05, 0) is 49.2 Å². The van der Waals surface area contributed by atoms with Crippen LogP contribution in [0.4, 0.5) is 4.39 Å². The summed E-state index contributed by atoms with van der Waals surface area (Å²) in [6, 6.07) is 9.78. The summed E-state index contributed by atoms with van der Waals surface area (Å²) < 4.78 is 18.8. The second-order valence-corrected chi connectivity index (χ2v) is 6.14. The SMILES string of the molecule is CCNC(Cc1ccc(OC)c(F)c1)c1ccc(CC)s1. The molecule has 0 saturated heterocycles. The van der Waals surface area contributed by atoms with Crippen molar-refractivity contribution < 1.29 is 9.13 Å². The number of benzene rings is 1. The number of aryl methyl sites for hydroxylation is 1. The van der Waals surface area contributed by atoms with Crippen LogP contribution in [-0.2, 0) is 12.8 Å². The van der Waals surface area contributed by atoms with Crippen LogP contribution in [0.25, 0.3) is 0 Å². The van der Waals surface area contributed by atoms with Gasteiger partial charge < -0.3 is 10.1 Å². The summed E-state index contributed by atoms with van der Waals surface area (Å²) in [5.74, 6) is -0.00572. The van der Waals surface area contributed by atoms with E-state index in [1.54, 1.807) is 12.1 Å². The molecule has 1 N–H and O–H groups in total. The van der Waals surface area contributed by atoms with Gasteiger partial charge in [-0.1, -0.05) is 19.9 Å². The van der Waals surface area contributed by atoms with Gasteiger partial charge in [-0.25, -0.2) is 4.39 Å². The van der Waals surface area contributed by atoms with Crippen LogP contribution in [0.2, 0.25) is 0 Å². The van der Waals surface area contributed by atoms with Crippen molar-refractivity contribution in [2.45, 2.75) is 32.7 Å². The largest absolute Gasteiger partial charge is 0.494 e. The van der Waals surface area contributed by atoms with Crippen molar-refractivity contribution in [2.24, 2.45) is 0 Å². The maximum absolute atomic E-state index is 13.8. The van der Waals surface area contributed by atoms with Crippen LogP contribution in [0.3, 0.4) is 0 Å². The van der Waals surface area contributed by atoms with E-state index in [0.29, 0.717) is 5.75 Å². The first-order valence-corrected chi connectivity index (χ1v) is 8.14. The van der Waals surface area contributed by atoms with Gasteiger partial charge >= 0.3 is 0 Å². The number of likely N-dealkylation sites (N-methyl/N-ethyl adjacent to an activating group) is 1. The fourth-order valence-electron chi connectivity index (χ4n) is 2.36. The van der Waals surface area contributed by atoms with Gasteiger partial charge in [0.15, 0.2) is 11.6 Å². The third-order valence-corrected chi connectivity index (χ3v) is 4.82. The number of ether oxygens (including phenoxy) is 1. The fraction of sp³-hybridized carbons (Fsp3) is 0.412. The Morgan fingerprint density at radius 2 is 2.05 bits per heavy atom.